The van der Waals surface area contributed by atoms with Gasteiger partial charge in [0.15, 0.2) is 6.61 Å². The molecule has 8 nitrogen and oxygen atoms in total. The van der Waals surface area contributed by atoms with Crippen LogP contribution in [0.1, 0.15) is 27.9 Å². The summed E-state index contributed by atoms with van der Waals surface area (Å²) in [6.07, 6.45) is 0.0171. The predicted molar refractivity (Wildman–Crippen MR) is 127 cm³/mol. The molecule has 0 unspecified atom stereocenters. The van der Waals surface area contributed by atoms with Crippen molar-refractivity contribution < 1.29 is 23.9 Å². The summed E-state index contributed by atoms with van der Waals surface area (Å²) in [6.45, 7) is 2.17. The number of hydrogen-bond donors (Lipinski definition) is 3. The molecule has 176 valence electrons. The normalized spacial score (nSPS) is 10.1. The maximum atomic E-state index is 12.1. The third-order valence-electron chi connectivity index (χ3n) is 4.81. The van der Waals surface area contributed by atoms with Crippen molar-refractivity contribution in [2.24, 2.45) is 0 Å². The van der Waals surface area contributed by atoms with Crippen LogP contribution >= 0.6 is 0 Å². The third-order valence-corrected chi connectivity index (χ3v) is 4.81. The molecule has 0 aromatic heterocycles. The second-order valence-corrected chi connectivity index (χ2v) is 7.45. The van der Waals surface area contributed by atoms with E-state index in [1.807, 2.05) is 49.4 Å². The van der Waals surface area contributed by atoms with E-state index in [4.69, 9.17) is 9.47 Å². The Kier molecular flexibility index (Phi) is 9.04. The molecule has 0 aliphatic heterocycles. The van der Waals surface area contributed by atoms with E-state index in [2.05, 4.69) is 16.2 Å². The molecule has 3 N–H and O–H groups in total. The minimum absolute atomic E-state index is 0.0171. The van der Waals surface area contributed by atoms with Crippen molar-refractivity contribution in [1.82, 2.24) is 16.2 Å². The number of hydrazine groups is 1. The summed E-state index contributed by atoms with van der Waals surface area (Å²) in [7, 11) is 0. The standard InChI is InChI=1S/C26H27N3O5/c1-19-7-5-6-10-23(19)26(32)27-16-15-24(30)28-29-25(31)18-34-22-13-11-21(12-14-22)33-17-20-8-3-2-4-9-20/h2-14H,15-18H2,1H3,(H,27,32)(H,28,30)(H,29,31). The zero-order valence-corrected chi connectivity index (χ0v) is 18.9. The minimum atomic E-state index is -0.512. The van der Waals surface area contributed by atoms with Gasteiger partial charge < -0.3 is 14.8 Å². The molecule has 3 aromatic carbocycles. The molecule has 0 bridgehead atoms. The number of aryl methyl sites for hydroxylation is 1. The van der Waals surface area contributed by atoms with Gasteiger partial charge in [-0.2, -0.15) is 0 Å². The number of carbonyl (C=O) groups excluding carboxylic acids is 3. The van der Waals surface area contributed by atoms with Crippen LogP contribution in [0.3, 0.4) is 0 Å². The van der Waals surface area contributed by atoms with Gasteiger partial charge in [0.05, 0.1) is 0 Å². The Morgan fingerprint density at radius 3 is 2.06 bits per heavy atom. The lowest BCUT2D eigenvalue weighted by Gasteiger charge is -2.10. The van der Waals surface area contributed by atoms with Crippen LogP contribution in [0, 0.1) is 6.92 Å². The van der Waals surface area contributed by atoms with E-state index in [0.717, 1.165) is 11.1 Å². The van der Waals surface area contributed by atoms with Crippen LogP contribution in [0.2, 0.25) is 0 Å². The van der Waals surface area contributed by atoms with Gasteiger partial charge in [-0.25, -0.2) is 0 Å². The molecule has 0 heterocycles. The molecular formula is C26H27N3O5. The summed E-state index contributed by atoms with van der Waals surface area (Å²) >= 11 is 0. The SMILES string of the molecule is Cc1ccccc1C(=O)NCCC(=O)NNC(=O)COc1ccc(OCc2ccccc2)cc1. The summed E-state index contributed by atoms with van der Waals surface area (Å²) < 4.78 is 11.1. The molecule has 0 radical (unpaired) electrons. The van der Waals surface area contributed by atoms with Crippen molar-refractivity contribution in [2.45, 2.75) is 20.0 Å². The molecule has 0 aliphatic rings. The van der Waals surface area contributed by atoms with Crippen LogP contribution < -0.4 is 25.6 Å². The fraction of sp³-hybridized carbons (Fsp3) is 0.192. The average molecular weight is 462 g/mol. The lowest BCUT2D eigenvalue weighted by atomic mass is 10.1. The average Bonchev–Trinajstić information content (AvgIpc) is 2.86. The summed E-state index contributed by atoms with van der Waals surface area (Å²) in [5.41, 5.74) is 7.05. The number of nitrogens with one attached hydrogen (secondary N) is 3. The molecule has 0 atom stereocenters. The Labute approximate surface area is 198 Å². The Balaban J connectivity index is 1.30. The highest BCUT2D eigenvalue weighted by atomic mass is 16.5. The summed E-state index contributed by atoms with van der Waals surface area (Å²) in [6, 6.07) is 23.9. The van der Waals surface area contributed by atoms with Gasteiger partial charge in [0.2, 0.25) is 5.91 Å². The topological polar surface area (TPSA) is 106 Å². The molecule has 0 saturated carbocycles. The maximum Gasteiger partial charge on any atom is 0.276 e. The first kappa shape index (κ1) is 24.3. The second-order valence-electron chi connectivity index (χ2n) is 7.45. The van der Waals surface area contributed by atoms with Crippen molar-refractivity contribution in [2.75, 3.05) is 13.2 Å². The van der Waals surface area contributed by atoms with Crippen LogP contribution in [0.25, 0.3) is 0 Å². The van der Waals surface area contributed by atoms with Gasteiger partial charge in [-0.1, -0.05) is 48.5 Å². The van der Waals surface area contributed by atoms with E-state index >= 15 is 0 Å². The van der Waals surface area contributed by atoms with Crippen LogP contribution in [-0.4, -0.2) is 30.9 Å². The van der Waals surface area contributed by atoms with E-state index in [0.29, 0.717) is 23.7 Å². The summed E-state index contributed by atoms with van der Waals surface area (Å²) in [4.78, 5) is 35.9. The quantitative estimate of drug-likeness (QED) is 0.403. The van der Waals surface area contributed by atoms with E-state index in [1.54, 1.807) is 36.4 Å². The fourth-order valence-electron chi connectivity index (χ4n) is 2.97. The molecule has 3 aromatic rings. The number of carbonyl (C=O) groups is 3. The molecule has 8 heteroatoms. The van der Waals surface area contributed by atoms with Crippen molar-refractivity contribution in [3.8, 4) is 11.5 Å². The van der Waals surface area contributed by atoms with Gasteiger partial charge in [0.25, 0.3) is 11.8 Å². The minimum Gasteiger partial charge on any atom is -0.489 e. The molecular weight excluding hydrogens is 434 g/mol. The first-order chi connectivity index (χ1) is 16.5. The highest BCUT2D eigenvalue weighted by Crippen LogP contribution is 2.18. The van der Waals surface area contributed by atoms with Gasteiger partial charge >= 0.3 is 0 Å². The highest BCUT2D eigenvalue weighted by molar-refractivity contribution is 5.95. The molecule has 0 saturated heterocycles. The van der Waals surface area contributed by atoms with Gasteiger partial charge in [-0.15, -0.1) is 0 Å². The van der Waals surface area contributed by atoms with Crippen LogP contribution in [0.15, 0.2) is 78.9 Å². The summed E-state index contributed by atoms with van der Waals surface area (Å²) in [5.74, 6) is -0.0187. The van der Waals surface area contributed by atoms with Crippen LogP contribution in [-0.2, 0) is 16.2 Å². The monoisotopic (exact) mass is 461 g/mol. The number of ether oxygens (including phenoxy) is 2. The maximum absolute atomic E-state index is 12.1. The fourth-order valence-corrected chi connectivity index (χ4v) is 2.97. The van der Waals surface area contributed by atoms with E-state index in [-0.39, 0.29) is 25.5 Å². The number of hydrogen-bond acceptors (Lipinski definition) is 5. The Bertz CT molecular complexity index is 1100. The van der Waals surface area contributed by atoms with Gasteiger partial charge in [-0.05, 0) is 48.4 Å². The lowest BCUT2D eigenvalue weighted by molar-refractivity contribution is -0.129. The zero-order valence-electron chi connectivity index (χ0n) is 18.9. The third kappa shape index (κ3) is 7.98. The second kappa shape index (κ2) is 12.6. The smallest absolute Gasteiger partial charge is 0.276 e. The predicted octanol–water partition coefficient (Wildman–Crippen LogP) is 2.92. The number of rotatable bonds is 10. The summed E-state index contributed by atoms with van der Waals surface area (Å²) in [5, 5.41) is 2.68. The Hall–Kier alpha value is -4.33. The highest BCUT2D eigenvalue weighted by Gasteiger charge is 2.10. The number of benzene rings is 3. The molecule has 3 amide bonds. The van der Waals surface area contributed by atoms with Crippen LogP contribution in [0.5, 0.6) is 11.5 Å². The van der Waals surface area contributed by atoms with E-state index < -0.39 is 11.8 Å². The lowest BCUT2D eigenvalue weighted by Crippen LogP contribution is -2.44. The zero-order chi connectivity index (χ0) is 24.2. The van der Waals surface area contributed by atoms with Crippen molar-refractivity contribution in [3.63, 3.8) is 0 Å². The van der Waals surface area contributed by atoms with Gasteiger partial charge in [-0.3, -0.25) is 25.2 Å². The molecule has 0 aliphatic carbocycles. The Morgan fingerprint density at radius 2 is 1.35 bits per heavy atom. The Morgan fingerprint density at radius 1 is 0.735 bits per heavy atom. The first-order valence-electron chi connectivity index (χ1n) is 10.8. The molecule has 3 rings (SSSR count). The molecule has 0 fully saturated rings. The number of amides is 3. The molecule has 34 heavy (non-hydrogen) atoms. The van der Waals surface area contributed by atoms with E-state index in [1.165, 1.54) is 0 Å². The van der Waals surface area contributed by atoms with Crippen LogP contribution in [0.4, 0.5) is 0 Å². The van der Waals surface area contributed by atoms with Gasteiger partial charge in [0.1, 0.15) is 18.1 Å². The van der Waals surface area contributed by atoms with Crippen molar-refractivity contribution in [1.29, 1.82) is 0 Å². The largest absolute Gasteiger partial charge is 0.489 e. The first-order valence-corrected chi connectivity index (χ1v) is 10.8. The van der Waals surface area contributed by atoms with Gasteiger partial charge in [0, 0.05) is 18.5 Å². The van der Waals surface area contributed by atoms with Crippen molar-refractivity contribution in [3.05, 3.63) is 95.6 Å². The van der Waals surface area contributed by atoms with E-state index in [9.17, 15) is 14.4 Å². The van der Waals surface area contributed by atoms with Crippen molar-refractivity contribution >= 4 is 17.7 Å². The molecule has 0 spiro atoms.